The molecule has 0 radical (unpaired) electrons. The summed E-state index contributed by atoms with van der Waals surface area (Å²) in [5.74, 6) is 0.823. The van der Waals surface area contributed by atoms with Crippen LogP contribution in [-0.4, -0.2) is 41.8 Å². The van der Waals surface area contributed by atoms with Gasteiger partial charge in [-0.15, -0.1) is 0 Å². The fourth-order valence-corrected chi connectivity index (χ4v) is 2.28. The van der Waals surface area contributed by atoms with Crippen molar-refractivity contribution in [1.82, 2.24) is 4.90 Å². The standard InChI is InChI=1S/C10H22N2O/c1-8-3-4-12(9(2)5-8)10(6-11)7-13/h8-10,13H,3-7,11H2,1-2H3. The highest BCUT2D eigenvalue weighted by atomic mass is 16.3. The molecule has 1 aliphatic heterocycles. The minimum atomic E-state index is 0.169. The van der Waals surface area contributed by atoms with Gasteiger partial charge in [0, 0.05) is 18.6 Å². The molecule has 3 heteroatoms. The van der Waals surface area contributed by atoms with E-state index in [1.54, 1.807) is 0 Å². The number of hydrogen-bond donors (Lipinski definition) is 2. The van der Waals surface area contributed by atoms with Gasteiger partial charge in [0.1, 0.15) is 0 Å². The van der Waals surface area contributed by atoms with Crippen molar-refractivity contribution in [2.24, 2.45) is 11.7 Å². The molecule has 0 aliphatic carbocycles. The van der Waals surface area contributed by atoms with Gasteiger partial charge in [0.25, 0.3) is 0 Å². The van der Waals surface area contributed by atoms with Gasteiger partial charge in [-0.3, -0.25) is 4.90 Å². The maximum absolute atomic E-state index is 9.14. The smallest absolute Gasteiger partial charge is 0.0599 e. The average molecular weight is 186 g/mol. The van der Waals surface area contributed by atoms with Gasteiger partial charge in [-0.1, -0.05) is 6.92 Å². The van der Waals surface area contributed by atoms with E-state index in [9.17, 15) is 0 Å². The van der Waals surface area contributed by atoms with Crippen molar-refractivity contribution in [1.29, 1.82) is 0 Å². The molecule has 0 aromatic heterocycles. The molecule has 1 aliphatic rings. The second-order valence-corrected chi connectivity index (χ2v) is 4.29. The number of rotatable bonds is 3. The largest absolute Gasteiger partial charge is 0.395 e. The Kier molecular flexibility index (Phi) is 4.16. The second-order valence-electron chi connectivity index (χ2n) is 4.29. The number of nitrogens with two attached hydrogens (primary N) is 1. The van der Waals surface area contributed by atoms with Gasteiger partial charge < -0.3 is 10.8 Å². The molecule has 13 heavy (non-hydrogen) atoms. The highest BCUT2D eigenvalue weighted by Crippen LogP contribution is 2.23. The molecule has 3 unspecified atom stereocenters. The third-order valence-electron chi connectivity index (χ3n) is 3.14. The molecular formula is C10H22N2O. The lowest BCUT2D eigenvalue weighted by Crippen LogP contribution is -2.51. The van der Waals surface area contributed by atoms with Crippen LogP contribution in [0.4, 0.5) is 0 Å². The Bertz CT molecular complexity index is 148. The summed E-state index contributed by atoms with van der Waals surface area (Å²) in [5.41, 5.74) is 5.61. The molecule has 1 heterocycles. The lowest BCUT2D eigenvalue weighted by Gasteiger charge is -2.40. The van der Waals surface area contributed by atoms with Crippen molar-refractivity contribution in [3.63, 3.8) is 0 Å². The molecule has 0 amide bonds. The third kappa shape index (κ3) is 2.66. The number of hydrogen-bond acceptors (Lipinski definition) is 3. The predicted molar refractivity (Wildman–Crippen MR) is 54.5 cm³/mol. The van der Waals surface area contributed by atoms with Crippen molar-refractivity contribution in [3.8, 4) is 0 Å². The van der Waals surface area contributed by atoms with Crippen LogP contribution in [0.1, 0.15) is 26.7 Å². The number of nitrogens with zero attached hydrogens (tertiary/aromatic N) is 1. The molecule has 1 saturated heterocycles. The van der Waals surface area contributed by atoms with Crippen LogP contribution in [0.2, 0.25) is 0 Å². The van der Waals surface area contributed by atoms with Gasteiger partial charge in [-0.2, -0.15) is 0 Å². The Balaban J connectivity index is 2.49. The van der Waals surface area contributed by atoms with Crippen molar-refractivity contribution in [2.75, 3.05) is 19.7 Å². The van der Waals surface area contributed by atoms with Crippen LogP contribution < -0.4 is 5.73 Å². The number of aliphatic hydroxyl groups is 1. The summed E-state index contributed by atoms with van der Waals surface area (Å²) in [4.78, 5) is 2.35. The maximum atomic E-state index is 9.14. The van der Waals surface area contributed by atoms with E-state index in [-0.39, 0.29) is 12.6 Å². The fraction of sp³-hybridized carbons (Fsp3) is 1.00. The van der Waals surface area contributed by atoms with Gasteiger partial charge in [-0.25, -0.2) is 0 Å². The molecule has 0 spiro atoms. The molecule has 0 aromatic rings. The number of aliphatic hydroxyl groups excluding tert-OH is 1. The first-order valence-electron chi connectivity index (χ1n) is 5.25. The fourth-order valence-electron chi connectivity index (χ4n) is 2.28. The molecule has 3 N–H and O–H groups in total. The predicted octanol–water partition coefficient (Wildman–Crippen LogP) is 0.426. The minimum absolute atomic E-state index is 0.169. The summed E-state index contributed by atoms with van der Waals surface area (Å²) < 4.78 is 0. The summed E-state index contributed by atoms with van der Waals surface area (Å²) >= 11 is 0. The first-order chi connectivity index (χ1) is 6.19. The monoisotopic (exact) mass is 186 g/mol. The Hall–Kier alpha value is -0.120. The molecule has 0 aromatic carbocycles. The van der Waals surface area contributed by atoms with Crippen LogP contribution in [0, 0.1) is 5.92 Å². The zero-order valence-electron chi connectivity index (χ0n) is 8.74. The van der Waals surface area contributed by atoms with Crippen LogP contribution >= 0.6 is 0 Å². The summed E-state index contributed by atoms with van der Waals surface area (Å²) in [6, 6.07) is 0.743. The summed E-state index contributed by atoms with van der Waals surface area (Å²) in [6.45, 7) is 6.37. The van der Waals surface area contributed by atoms with Crippen molar-refractivity contribution in [3.05, 3.63) is 0 Å². The average Bonchev–Trinajstić information content (AvgIpc) is 2.10. The Labute approximate surface area is 80.9 Å². The van der Waals surface area contributed by atoms with Gasteiger partial charge >= 0.3 is 0 Å². The van der Waals surface area contributed by atoms with Crippen LogP contribution in [0.3, 0.4) is 0 Å². The molecule has 0 saturated carbocycles. The lowest BCUT2D eigenvalue weighted by molar-refractivity contribution is 0.0529. The molecule has 1 fully saturated rings. The van der Waals surface area contributed by atoms with E-state index in [0.29, 0.717) is 12.6 Å². The van der Waals surface area contributed by atoms with Crippen LogP contribution in [0.25, 0.3) is 0 Å². The Morgan fingerprint density at radius 1 is 1.54 bits per heavy atom. The topological polar surface area (TPSA) is 49.5 Å². The van der Waals surface area contributed by atoms with E-state index in [2.05, 4.69) is 18.7 Å². The number of likely N-dealkylation sites (tertiary alicyclic amines) is 1. The molecule has 3 atom stereocenters. The summed E-state index contributed by atoms with van der Waals surface area (Å²) in [6.07, 6.45) is 2.47. The second kappa shape index (κ2) is 4.94. The van der Waals surface area contributed by atoms with Gasteiger partial charge in [-0.05, 0) is 32.2 Å². The van der Waals surface area contributed by atoms with Gasteiger partial charge in [0.2, 0.25) is 0 Å². The van der Waals surface area contributed by atoms with Gasteiger partial charge in [0.15, 0.2) is 0 Å². The SMILES string of the molecule is CC1CCN(C(CN)CO)C(C)C1. The van der Waals surface area contributed by atoms with Crippen molar-refractivity contribution < 1.29 is 5.11 Å². The first kappa shape index (κ1) is 11.0. The normalized spacial score (nSPS) is 33.2. The molecule has 78 valence electrons. The van der Waals surface area contributed by atoms with E-state index in [4.69, 9.17) is 10.8 Å². The van der Waals surface area contributed by atoms with Crippen molar-refractivity contribution >= 4 is 0 Å². The van der Waals surface area contributed by atoms with Crippen LogP contribution in [-0.2, 0) is 0 Å². The van der Waals surface area contributed by atoms with E-state index in [1.165, 1.54) is 12.8 Å². The number of piperidine rings is 1. The molecule has 0 bridgehead atoms. The Morgan fingerprint density at radius 3 is 2.69 bits per heavy atom. The van der Waals surface area contributed by atoms with Gasteiger partial charge in [0.05, 0.1) is 6.61 Å². The summed E-state index contributed by atoms with van der Waals surface area (Å²) in [7, 11) is 0. The zero-order chi connectivity index (χ0) is 9.84. The van der Waals surface area contributed by atoms with E-state index in [1.807, 2.05) is 0 Å². The van der Waals surface area contributed by atoms with Crippen molar-refractivity contribution in [2.45, 2.75) is 38.8 Å². The summed E-state index contributed by atoms with van der Waals surface area (Å²) in [5, 5.41) is 9.14. The molecule has 3 nitrogen and oxygen atoms in total. The first-order valence-corrected chi connectivity index (χ1v) is 5.25. The molecule has 1 rings (SSSR count). The maximum Gasteiger partial charge on any atom is 0.0599 e. The lowest BCUT2D eigenvalue weighted by atomic mass is 9.92. The minimum Gasteiger partial charge on any atom is -0.395 e. The third-order valence-corrected chi connectivity index (χ3v) is 3.14. The zero-order valence-corrected chi connectivity index (χ0v) is 8.74. The van der Waals surface area contributed by atoms with E-state index >= 15 is 0 Å². The van der Waals surface area contributed by atoms with E-state index in [0.717, 1.165) is 12.5 Å². The highest BCUT2D eigenvalue weighted by molar-refractivity contribution is 4.82. The quantitative estimate of drug-likeness (QED) is 0.672. The highest BCUT2D eigenvalue weighted by Gasteiger charge is 2.27. The van der Waals surface area contributed by atoms with Crippen LogP contribution in [0.5, 0.6) is 0 Å². The van der Waals surface area contributed by atoms with Crippen LogP contribution in [0.15, 0.2) is 0 Å². The van der Waals surface area contributed by atoms with E-state index < -0.39 is 0 Å². The molecular weight excluding hydrogens is 164 g/mol. The Morgan fingerprint density at radius 2 is 2.23 bits per heavy atom.